The van der Waals surface area contributed by atoms with Crippen LogP contribution in [0.25, 0.3) is 22.3 Å². The number of fused-ring (bicyclic) bond motifs is 1. The summed E-state index contributed by atoms with van der Waals surface area (Å²) < 4.78 is 71.2. The van der Waals surface area contributed by atoms with Gasteiger partial charge >= 0.3 is 6.18 Å². The fraction of sp³-hybridized carbons (Fsp3) is 0.200. The predicted octanol–water partition coefficient (Wildman–Crippen LogP) is 6.54. The number of ether oxygens (including phenoxy) is 1. The third-order valence-corrected chi connectivity index (χ3v) is 7.04. The Morgan fingerprint density at radius 1 is 0.941 bits per heavy atom. The van der Waals surface area contributed by atoms with E-state index in [2.05, 4.69) is 9.97 Å². The lowest BCUT2D eigenvalue weighted by Crippen LogP contribution is -2.11. The second-order valence-electron chi connectivity index (χ2n) is 8.21. The number of aromatic nitrogens is 2. The quantitative estimate of drug-likeness (QED) is 0.310. The molecular weight excluding hydrogens is 465 g/mol. The van der Waals surface area contributed by atoms with Crippen molar-refractivity contribution in [1.29, 1.82) is 0 Å². The van der Waals surface area contributed by atoms with Gasteiger partial charge in [0.1, 0.15) is 17.0 Å². The lowest BCUT2D eigenvalue weighted by Gasteiger charge is -2.12. The summed E-state index contributed by atoms with van der Waals surface area (Å²) in [4.78, 5) is 8.52. The molecule has 0 unspecified atom stereocenters. The second-order valence-corrected chi connectivity index (χ2v) is 10.2. The molecule has 0 bridgehead atoms. The maximum absolute atomic E-state index is 13.4. The molecule has 4 aromatic rings. The zero-order valence-electron chi connectivity index (χ0n) is 18.4. The van der Waals surface area contributed by atoms with Crippen molar-refractivity contribution in [3.8, 4) is 22.8 Å². The molecule has 0 saturated heterocycles. The summed E-state index contributed by atoms with van der Waals surface area (Å²) in [5, 5.41) is 0. The van der Waals surface area contributed by atoms with Crippen molar-refractivity contribution in [3.63, 3.8) is 0 Å². The summed E-state index contributed by atoms with van der Waals surface area (Å²) in [7, 11) is -3.45. The first-order valence-electron chi connectivity index (χ1n) is 10.5. The molecule has 0 N–H and O–H groups in total. The van der Waals surface area contributed by atoms with E-state index in [0.717, 1.165) is 6.07 Å². The minimum Gasteiger partial charge on any atom is -0.457 e. The average molecular weight is 487 g/mol. The Bertz CT molecular complexity index is 1450. The minimum absolute atomic E-state index is 0.0203. The first-order valence-corrected chi connectivity index (χ1v) is 12.1. The molecule has 0 aliphatic heterocycles. The summed E-state index contributed by atoms with van der Waals surface area (Å²) in [5.74, 6) is 0.701. The van der Waals surface area contributed by atoms with Crippen molar-refractivity contribution in [3.05, 3.63) is 78.5 Å². The summed E-state index contributed by atoms with van der Waals surface area (Å²) in [6.45, 7) is 3.66. The number of halogens is 3. The van der Waals surface area contributed by atoms with Crippen LogP contribution in [0.5, 0.6) is 11.5 Å². The average Bonchev–Trinajstić information content (AvgIpc) is 2.77. The van der Waals surface area contributed by atoms with Crippen LogP contribution in [0.3, 0.4) is 0 Å². The molecule has 3 aromatic carbocycles. The van der Waals surface area contributed by atoms with Gasteiger partial charge in [0, 0.05) is 5.56 Å². The molecule has 9 heteroatoms. The Morgan fingerprint density at radius 3 is 2.32 bits per heavy atom. The van der Waals surface area contributed by atoms with Crippen LogP contribution in [0.4, 0.5) is 13.2 Å². The van der Waals surface area contributed by atoms with E-state index in [9.17, 15) is 21.6 Å². The molecule has 0 atom stereocenters. The fourth-order valence-corrected chi connectivity index (χ4v) is 5.17. The molecule has 0 spiro atoms. The van der Waals surface area contributed by atoms with E-state index in [0.29, 0.717) is 17.1 Å². The molecule has 0 amide bonds. The summed E-state index contributed by atoms with van der Waals surface area (Å²) in [5.41, 5.74) is -0.186. The lowest BCUT2D eigenvalue weighted by atomic mass is 10.1. The zero-order chi connectivity index (χ0) is 24.5. The smallest absolute Gasteiger partial charge is 0.418 e. The standard InChI is InChI=1S/C25H21F3N2O3S/c1-16(2)15-34(31,32)20-9-4-8-19(13-20)33-18-7-3-6-17(12-18)23-14-29-22-11-5-10-21(24(22)30-23)25(26,27)28/h3-14,16H,15H2,1-2H3. The van der Waals surface area contributed by atoms with E-state index >= 15 is 0 Å². The number of benzene rings is 3. The monoisotopic (exact) mass is 486 g/mol. The van der Waals surface area contributed by atoms with Gasteiger partial charge in [0.25, 0.3) is 0 Å². The van der Waals surface area contributed by atoms with Crippen LogP contribution in [-0.2, 0) is 16.0 Å². The van der Waals surface area contributed by atoms with Gasteiger partial charge in [0.05, 0.1) is 33.6 Å². The van der Waals surface area contributed by atoms with Gasteiger partial charge in [-0.3, -0.25) is 4.98 Å². The molecule has 0 saturated carbocycles. The molecule has 1 heterocycles. The lowest BCUT2D eigenvalue weighted by molar-refractivity contribution is -0.136. The number of sulfone groups is 1. The van der Waals surface area contributed by atoms with Crippen molar-refractivity contribution in [2.24, 2.45) is 5.92 Å². The first-order chi connectivity index (χ1) is 16.0. The van der Waals surface area contributed by atoms with E-state index in [1.807, 2.05) is 13.8 Å². The van der Waals surface area contributed by atoms with E-state index < -0.39 is 21.6 Å². The molecule has 5 nitrogen and oxygen atoms in total. The summed E-state index contributed by atoms with van der Waals surface area (Å²) in [6.07, 6.45) is -3.15. The van der Waals surface area contributed by atoms with Crippen LogP contribution in [0.1, 0.15) is 19.4 Å². The van der Waals surface area contributed by atoms with Gasteiger partial charge in [-0.2, -0.15) is 13.2 Å². The second kappa shape index (κ2) is 9.06. The van der Waals surface area contributed by atoms with Crippen molar-refractivity contribution >= 4 is 20.9 Å². The largest absolute Gasteiger partial charge is 0.457 e. The highest BCUT2D eigenvalue weighted by atomic mass is 32.2. The highest BCUT2D eigenvalue weighted by Gasteiger charge is 2.33. The van der Waals surface area contributed by atoms with Crippen LogP contribution in [-0.4, -0.2) is 24.1 Å². The Morgan fingerprint density at radius 2 is 1.62 bits per heavy atom. The molecule has 34 heavy (non-hydrogen) atoms. The minimum atomic E-state index is -4.56. The SMILES string of the molecule is CC(C)CS(=O)(=O)c1cccc(Oc2cccc(-c3cnc4cccc(C(F)(F)F)c4n3)c2)c1. The van der Waals surface area contributed by atoms with Crippen molar-refractivity contribution in [2.45, 2.75) is 24.9 Å². The Kier molecular flexibility index (Phi) is 6.31. The number of para-hydroxylation sites is 1. The van der Waals surface area contributed by atoms with E-state index in [-0.39, 0.29) is 33.3 Å². The highest BCUT2D eigenvalue weighted by Crippen LogP contribution is 2.35. The third kappa shape index (κ3) is 5.20. The summed E-state index contributed by atoms with van der Waals surface area (Å²) >= 11 is 0. The number of hydrogen-bond acceptors (Lipinski definition) is 5. The Balaban J connectivity index is 1.66. The summed E-state index contributed by atoms with van der Waals surface area (Å²) in [6, 6.07) is 16.6. The van der Waals surface area contributed by atoms with Crippen molar-refractivity contribution < 1.29 is 26.3 Å². The molecule has 176 valence electrons. The maximum atomic E-state index is 13.4. The predicted molar refractivity (Wildman–Crippen MR) is 123 cm³/mol. The molecule has 0 aliphatic carbocycles. The topological polar surface area (TPSA) is 69.2 Å². The van der Waals surface area contributed by atoms with E-state index in [1.54, 1.807) is 36.4 Å². The van der Waals surface area contributed by atoms with Crippen LogP contribution in [0, 0.1) is 5.92 Å². The third-order valence-electron chi connectivity index (χ3n) is 4.96. The normalized spacial score (nSPS) is 12.3. The van der Waals surface area contributed by atoms with Crippen molar-refractivity contribution in [2.75, 3.05) is 5.75 Å². The number of alkyl halides is 3. The fourth-order valence-electron chi connectivity index (χ4n) is 3.52. The van der Waals surface area contributed by atoms with Crippen LogP contribution < -0.4 is 4.74 Å². The van der Waals surface area contributed by atoms with Gasteiger partial charge in [-0.05, 0) is 48.4 Å². The first kappa shape index (κ1) is 23.7. The maximum Gasteiger partial charge on any atom is 0.418 e. The van der Waals surface area contributed by atoms with Crippen LogP contribution in [0.2, 0.25) is 0 Å². The van der Waals surface area contributed by atoms with Gasteiger partial charge in [0.15, 0.2) is 9.84 Å². The zero-order valence-corrected chi connectivity index (χ0v) is 19.2. The molecule has 4 rings (SSSR count). The van der Waals surface area contributed by atoms with Gasteiger partial charge in [0.2, 0.25) is 0 Å². The Labute approximate surface area is 195 Å². The Hall–Kier alpha value is -3.46. The van der Waals surface area contributed by atoms with E-state index in [4.69, 9.17) is 4.74 Å². The van der Waals surface area contributed by atoms with Gasteiger partial charge < -0.3 is 4.74 Å². The van der Waals surface area contributed by atoms with Crippen LogP contribution in [0.15, 0.2) is 77.8 Å². The van der Waals surface area contributed by atoms with Gasteiger partial charge in [-0.1, -0.05) is 38.1 Å². The van der Waals surface area contributed by atoms with E-state index in [1.165, 1.54) is 30.5 Å². The number of hydrogen-bond donors (Lipinski definition) is 0. The van der Waals surface area contributed by atoms with Gasteiger partial charge in [-0.15, -0.1) is 0 Å². The molecule has 0 aliphatic rings. The number of rotatable bonds is 6. The number of nitrogens with zero attached hydrogens (tertiary/aromatic N) is 2. The van der Waals surface area contributed by atoms with Gasteiger partial charge in [-0.25, -0.2) is 13.4 Å². The molecule has 1 aromatic heterocycles. The van der Waals surface area contributed by atoms with Crippen molar-refractivity contribution in [1.82, 2.24) is 9.97 Å². The highest BCUT2D eigenvalue weighted by molar-refractivity contribution is 7.91. The molecular formula is C25H21F3N2O3S. The molecule has 0 fully saturated rings. The van der Waals surface area contributed by atoms with Crippen LogP contribution >= 0.6 is 0 Å². The molecule has 0 radical (unpaired) electrons.